The van der Waals surface area contributed by atoms with Gasteiger partial charge in [-0.15, -0.1) is 0 Å². The molecule has 104 valence electrons. The molecule has 0 aromatic carbocycles. The van der Waals surface area contributed by atoms with Gasteiger partial charge in [0.1, 0.15) is 0 Å². The molecule has 0 bridgehead atoms. The van der Waals surface area contributed by atoms with Crippen molar-refractivity contribution in [2.45, 2.75) is 32.5 Å². The van der Waals surface area contributed by atoms with Gasteiger partial charge in [0, 0.05) is 25.3 Å². The van der Waals surface area contributed by atoms with E-state index in [-0.39, 0.29) is 0 Å². The Kier molecular flexibility index (Phi) is 3.94. The summed E-state index contributed by atoms with van der Waals surface area (Å²) in [6, 6.07) is 2.59. The van der Waals surface area contributed by atoms with E-state index in [9.17, 15) is 13.2 Å². The fourth-order valence-corrected chi connectivity index (χ4v) is 2.17. The minimum absolute atomic E-state index is 0.443. The zero-order chi connectivity index (χ0) is 14.0. The van der Waals surface area contributed by atoms with Crippen LogP contribution >= 0.6 is 0 Å². The Morgan fingerprint density at radius 1 is 1.32 bits per heavy atom. The van der Waals surface area contributed by atoms with Gasteiger partial charge in [-0.2, -0.15) is 13.2 Å². The van der Waals surface area contributed by atoms with Gasteiger partial charge in [-0.3, -0.25) is 9.88 Å². The number of hydrogen-bond donors (Lipinski definition) is 0. The molecule has 5 heteroatoms. The second-order valence-corrected chi connectivity index (χ2v) is 5.00. The number of pyridine rings is 1. The second-order valence-electron chi connectivity index (χ2n) is 5.00. The summed E-state index contributed by atoms with van der Waals surface area (Å²) in [5.41, 5.74) is 0.714. The van der Waals surface area contributed by atoms with Gasteiger partial charge in [-0.05, 0) is 38.0 Å². The van der Waals surface area contributed by atoms with Crippen molar-refractivity contribution in [3.05, 3.63) is 35.7 Å². The monoisotopic (exact) mass is 270 g/mol. The van der Waals surface area contributed by atoms with E-state index in [1.54, 1.807) is 0 Å². The minimum atomic E-state index is -4.31. The summed E-state index contributed by atoms with van der Waals surface area (Å²) >= 11 is 0. The average Bonchev–Trinajstić information content (AvgIpc) is 2.38. The first kappa shape index (κ1) is 14.1. The van der Waals surface area contributed by atoms with E-state index in [4.69, 9.17) is 0 Å². The van der Waals surface area contributed by atoms with Gasteiger partial charge in [0.05, 0.1) is 11.3 Å². The van der Waals surface area contributed by atoms with Gasteiger partial charge in [0.25, 0.3) is 0 Å². The van der Waals surface area contributed by atoms with E-state index in [0.29, 0.717) is 11.7 Å². The first-order valence-corrected chi connectivity index (χ1v) is 6.34. The van der Waals surface area contributed by atoms with Crippen molar-refractivity contribution in [2.75, 3.05) is 13.1 Å². The molecule has 1 aromatic heterocycles. The summed E-state index contributed by atoms with van der Waals surface area (Å²) in [5, 5.41) is 0. The summed E-state index contributed by atoms with van der Waals surface area (Å²) in [7, 11) is 0. The predicted molar refractivity (Wildman–Crippen MR) is 68.5 cm³/mol. The van der Waals surface area contributed by atoms with Gasteiger partial charge in [-0.25, -0.2) is 0 Å². The van der Waals surface area contributed by atoms with Crippen LogP contribution in [-0.4, -0.2) is 29.0 Å². The highest BCUT2D eigenvalue weighted by atomic mass is 19.4. The molecule has 0 radical (unpaired) electrons. The molecule has 0 atom stereocenters. The molecule has 0 amide bonds. The molecular formula is C14H17F3N2. The minimum Gasteiger partial charge on any atom is -0.297 e. The van der Waals surface area contributed by atoms with Gasteiger partial charge >= 0.3 is 6.18 Å². The Labute approximate surface area is 110 Å². The number of rotatable bonds is 2. The molecule has 2 nitrogen and oxygen atoms in total. The predicted octanol–water partition coefficient (Wildman–Crippen LogP) is 3.60. The van der Waals surface area contributed by atoms with Crippen molar-refractivity contribution in [3.63, 3.8) is 0 Å². The molecule has 0 fully saturated rings. The zero-order valence-corrected chi connectivity index (χ0v) is 11.0. The van der Waals surface area contributed by atoms with E-state index in [1.165, 1.54) is 6.20 Å². The first-order valence-electron chi connectivity index (χ1n) is 6.34. The Hall–Kier alpha value is -1.36. The van der Waals surface area contributed by atoms with E-state index in [1.807, 2.05) is 6.08 Å². The SMILES string of the molecule is CC(C)N1CC=C(c2cc(C(F)(F)F)ccn2)CC1. The molecule has 0 unspecified atom stereocenters. The molecule has 0 aliphatic carbocycles. The van der Waals surface area contributed by atoms with Crippen LogP contribution in [0.3, 0.4) is 0 Å². The molecule has 0 saturated carbocycles. The van der Waals surface area contributed by atoms with Crippen LogP contribution in [0.15, 0.2) is 24.4 Å². The van der Waals surface area contributed by atoms with Crippen molar-refractivity contribution < 1.29 is 13.2 Å². The Morgan fingerprint density at radius 3 is 2.58 bits per heavy atom. The van der Waals surface area contributed by atoms with E-state index in [0.717, 1.165) is 37.2 Å². The lowest BCUT2D eigenvalue weighted by Crippen LogP contribution is -2.34. The van der Waals surface area contributed by atoms with Crippen LogP contribution < -0.4 is 0 Å². The standard InChI is InChI=1S/C14H17F3N2/c1-10(2)19-7-4-11(5-8-19)13-9-12(3-6-18-13)14(15,16)17/h3-4,6,9-10H,5,7-8H2,1-2H3. The van der Waals surface area contributed by atoms with E-state index in [2.05, 4.69) is 23.7 Å². The third-order valence-electron chi connectivity index (χ3n) is 3.39. The smallest absolute Gasteiger partial charge is 0.297 e. The maximum absolute atomic E-state index is 12.6. The number of halogens is 3. The van der Waals surface area contributed by atoms with Crippen LogP contribution in [0.4, 0.5) is 13.2 Å². The Bertz CT molecular complexity index is 478. The molecule has 0 saturated heterocycles. The number of nitrogens with zero attached hydrogens (tertiary/aromatic N) is 2. The van der Waals surface area contributed by atoms with Crippen molar-refractivity contribution in [1.82, 2.24) is 9.88 Å². The van der Waals surface area contributed by atoms with Crippen LogP contribution in [0.5, 0.6) is 0 Å². The molecule has 19 heavy (non-hydrogen) atoms. The summed E-state index contributed by atoms with van der Waals surface area (Å²) < 4.78 is 37.9. The summed E-state index contributed by atoms with van der Waals surface area (Å²) in [4.78, 5) is 6.33. The average molecular weight is 270 g/mol. The van der Waals surface area contributed by atoms with Crippen molar-refractivity contribution in [2.24, 2.45) is 0 Å². The lowest BCUT2D eigenvalue weighted by molar-refractivity contribution is -0.137. The van der Waals surface area contributed by atoms with Crippen molar-refractivity contribution in [1.29, 1.82) is 0 Å². The largest absolute Gasteiger partial charge is 0.416 e. The lowest BCUT2D eigenvalue weighted by Gasteiger charge is -2.29. The number of hydrogen-bond acceptors (Lipinski definition) is 2. The van der Waals surface area contributed by atoms with E-state index < -0.39 is 11.7 Å². The fraction of sp³-hybridized carbons (Fsp3) is 0.500. The normalized spacial score (nSPS) is 17.7. The molecule has 0 N–H and O–H groups in total. The van der Waals surface area contributed by atoms with Crippen LogP contribution in [0.25, 0.3) is 5.57 Å². The third kappa shape index (κ3) is 3.35. The molecule has 2 heterocycles. The number of alkyl halides is 3. The van der Waals surface area contributed by atoms with Crippen LogP contribution in [0, 0.1) is 0 Å². The van der Waals surface area contributed by atoms with Crippen LogP contribution in [-0.2, 0) is 6.18 Å². The van der Waals surface area contributed by atoms with Crippen molar-refractivity contribution in [3.8, 4) is 0 Å². The van der Waals surface area contributed by atoms with Crippen LogP contribution in [0.1, 0.15) is 31.5 Å². The molecule has 2 rings (SSSR count). The van der Waals surface area contributed by atoms with Gasteiger partial charge in [-0.1, -0.05) is 6.08 Å². The third-order valence-corrected chi connectivity index (χ3v) is 3.39. The van der Waals surface area contributed by atoms with Gasteiger partial charge in [0.15, 0.2) is 0 Å². The first-order chi connectivity index (χ1) is 8.88. The Morgan fingerprint density at radius 2 is 2.05 bits per heavy atom. The molecule has 1 aliphatic heterocycles. The maximum Gasteiger partial charge on any atom is 0.416 e. The highest BCUT2D eigenvalue weighted by molar-refractivity contribution is 5.64. The molecule has 0 spiro atoms. The topological polar surface area (TPSA) is 16.1 Å². The summed E-state index contributed by atoms with van der Waals surface area (Å²) in [6.07, 6.45) is -0.358. The maximum atomic E-state index is 12.6. The second kappa shape index (κ2) is 5.33. The van der Waals surface area contributed by atoms with Crippen LogP contribution in [0.2, 0.25) is 0 Å². The number of aromatic nitrogens is 1. The highest BCUT2D eigenvalue weighted by Crippen LogP contribution is 2.31. The van der Waals surface area contributed by atoms with Gasteiger partial charge in [0.2, 0.25) is 0 Å². The highest BCUT2D eigenvalue weighted by Gasteiger charge is 2.31. The molecule has 1 aromatic rings. The summed E-state index contributed by atoms with van der Waals surface area (Å²) in [6.45, 7) is 5.86. The van der Waals surface area contributed by atoms with Gasteiger partial charge < -0.3 is 0 Å². The quantitative estimate of drug-likeness (QED) is 0.816. The molecular weight excluding hydrogens is 253 g/mol. The Balaban J connectivity index is 2.20. The lowest BCUT2D eigenvalue weighted by atomic mass is 10.0. The summed E-state index contributed by atoms with van der Waals surface area (Å²) in [5.74, 6) is 0. The fourth-order valence-electron chi connectivity index (χ4n) is 2.17. The molecule has 1 aliphatic rings. The van der Waals surface area contributed by atoms with E-state index >= 15 is 0 Å². The zero-order valence-electron chi connectivity index (χ0n) is 11.0. The van der Waals surface area contributed by atoms with Crippen molar-refractivity contribution >= 4 is 5.57 Å².